The molecule has 1 fully saturated rings. The molecule has 2 aromatic rings. The van der Waals surface area contributed by atoms with Crippen LogP contribution < -0.4 is 10.0 Å². The summed E-state index contributed by atoms with van der Waals surface area (Å²) in [4.78, 5) is 13.9. The summed E-state index contributed by atoms with van der Waals surface area (Å²) >= 11 is 0. The first-order valence-electron chi connectivity index (χ1n) is 6.77. The number of primary sulfonamides is 1. The van der Waals surface area contributed by atoms with Crippen molar-refractivity contribution in [1.82, 2.24) is 15.0 Å². The number of H-pyrrole nitrogens is 1. The molecule has 3 rings (SSSR count). The highest BCUT2D eigenvalue weighted by Gasteiger charge is 2.23. The molecule has 1 aliphatic heterocycles. The SMILES string of the molecule is NS(=O)(=O)c1ccnc(N2CCC(c3ncc[nH]3)CC2)c1. The van der Waals surface area contributed by atoms with E-state index in [0.29, 0.717) is 11.7 Å². The van der Waals surface area contributed by atoms with Gasteiger partial charge in [0.15, 0.2) is 0 Å². The van der Waals surface area contributed by atoms with Crippen LogP contribution in [0.1, 0.15) is 24.6 Å². The van der Waals surface area contributed by atoms with Gasteiger partial charge in [-0.05, 0) is 18.9 Å². The zero-order valence-electron chi connectivity index (χ0n) is 11.4. The van der Waals surface area contributed by atoms with Crippen molar-refractivity contribution in [3.8, 4) is 0 Å². The molecule has 8 heteroatoms. The van der Waals surface area contributed by atoms with Crippen LogP contribution in [-0.2, 0) is 10.0 Å². The number of hydrogen-bond acceptors (Lipinski definition) is 5. The zero-order valence-corrected chi connectivity index (χ0v) is 12.3. The van der Waals surface area contributed by atoms with Crippen LogP contribution in [0.25, 0.3) is 0 Å². The number of aromatic amines is 1. The fraction of sp³-hybridized carbons (Fsp3) is 0.385. The number of hydrogen-bond donors (Lipinski definition) is 2. The van der Waals surface area contributed by atoms with Crippen molar-refractivity contribution in [1.29, 1.82) is 0 Å². The lowest BCUT2D eigenvalue weighted by atomic mass is 9.96. The molecule has 7 nitrogen and oxygen atoms in total. The highest BCUT2D eigenvalue weighted by Crippen LogP contribution is 2.28. The van der Waals surface area contributed by atoms with Gasteiger partial charge in [0, 0.05) is 43.7 Å². The van der Waals surface area contributed by atoms with Crippen LogP contribution in [0.15, 0.2) is 35.6 Å². The number of nitrogens with one attached hydrogen (secondary N) is 1. The second-order valence-corrected chi connectivity index (χ2v) is 6.69. The van der Waals surface area contributed by atoms with Gasteiger partial charge >= 0.3 is 0 Å². The molecule has 0 spiro atoms. The predicted octanol–water partition coefficient (Wildman–Crippen LogP) is 0.836. The van der Waals surface area contributed by atoms with Crippen LogP contribution in [0.3, 0.4) is 0 Å². The highest BCUT2D eigenvalue weighted by atomic mass is 32.2. The fourth-order valence-corrected chi connectivity index (χ4v) is 3.15. The van der Waals surface area contributed by atoms with E-state index < -0.39 is 10.0 Å². The summed E-state index contributed by atoms with van der Waals surface area (Å²) in [5.41, 5.74) is 0. The van der Waals surface area contributed by atoms with Crippen molar-refractivity contribution < 1.29 is 8.42 Å². The number of imidazole rings is 1. The Bertz CT molecular complexity index is 706. The lowest BCUT2D eigenvalue weighted by Gasteiger charge is -2.32. The number of pyridine rings is 1. The van der Waals surface area contributed by atoms with Crippen molar-refractivity contribution in [2.24, 2.45) is 5.14 Å². The monoisotopic (exact) mass is 307 g/mol. The fourth-order valence-electron chi connectivity index (χ4n) is 2.63. The summed E-state index contributed by atoms with van der Waals surface area (Å²) < 4.78 is 22.8. The Morgan fingerprint density at radius 1 is 1.24 bits per heavy atom. The van der Waals surface area contributed by atoms with Gasteiger partial charge in [-0.25, -0.2) is 23.5 Å². The van der Waals surface area contributed by atoms with Gasteiger partial charge in [-0.15, -0.1) is 0 Å². The molecule has 1 saturated heterocycles. The maximum atomic E-state index is 11.4. The quantitative estimate of drug-likeness (QED) is 0.874. The van der Waals surface area contributed by atoms with Gasteiger partial charge in [0.05, 0.1) is 4.90 Å². The molecule has 2 aromatic heterocycles. The van der Waals surface area contributed by atoms with Crippen molar-refractivity contribution >= 4 is 15.8 Å². The summed E-state index contributed by atoms with van der Waals surface area (Å²) in [6, 6.07) is 2.94. The molecule has 0 bridgehead atoms. The number of nitrogens with zero attached hydrogens (tertiary/aromatic N) is 3. The normalized spacial score (nSPS) is 17.1. The first-order chi connectivity index (χ1) is 10.0. The minimum Gasteiger partial charge on any atom is -0.357 e. The van der Waals surface area contributed by atoms with E-state index in [1.807, 2.05) is 6.20 Å². The van der Waals surface area contributed by atoms with Crippen molar-refractivity contribution in [3.63, 3.8) is 0 Å². The lowest BCUT2D eigenvalue weighted by Crippen LogP contribution is -2.34. The molecule has 3 heterocycles. The maximum absolute atomic E-state index is 11.4. The molecule has 0 radical (unpaired) electrons. The third-order valence-electron chi connectivity index (χ3n) is 3.77. The van der Waals surface area contributed by atoms with E-state index in [2.05, 4.69) is 19.9 Å². The number of anilines is 1. The molecule has 0 aliphatic carbocycles. The Kier molecular flexibility index (Phi) is 3.64. The van der Waals surface area contributed by atoms with Crippen LogP contribution in [0, 0.1) is 0 Å². The molecular weight excluding hydrogens is 290 g/mol. The topological polar surface area (TPSA) is 105 Å². The summed E-state index contributed by atoms with van der Waals surface area (Å²) in [7, 11) is -3.69. The average Bonchev–Trinajstić information content (AvgIpc) is 3.01. The Labute approximate surface area is 123 Å². The van der Waals surface area contributed by atoms with Gasteiger partial charge in [0.1, 0.15) is 11.6 Å². The number of rotatable bonds is 3. The van der Waals surface area contributed by atoms with E-state index in [9.17, 15) is 8.42 Å². The van der Waals surface area contributed by atoms with Crippen LogP contribution in [0.5, 0.6) is 0 Å². The first kappa shape index (κ1) is 14.0. The minimum absolute atomic E-state index is 0.0978. The number of sulfonamides is 1. The van der Waals surface area contributed by atoms with E-state index in [0.717, 1.165) is 31.8 Å². The van der Waals surface area contributed by atoms with E-state index in [1.165, 1.54) is 18.3 Å². The zero-order chi connectivity index (χ0) is 14.9. The van der Waals surface area contributed by atoms with Gasteiger partial charge < -0.3 is 9.88 Å². The molecule has 0 atom stereocenters. The first-order valence-corrected chi connectivity index (χ1v) is 8.32. The van der Waals surface area contributed by atoms with Crippen LogP contribution in [0.2, 0.25) is 0 Å². The maximum Gasteiger partial charge on any atom is 0.238 e. The summed E-state index contributed by atoms with van der Waals surface area (Å²) in [5.74, 6) is 2.08. The number of aromatic nitrogens is 3. The smallest absolute Gasteiger partial charge is 0.238 e. The van der Waals surface area contributed by atoms with Crippen molar-refractivity contribution in [2.75, 3.05) is 18.0 Å². The van der Waals surface area contributed by atoms with E-state index in [-0.39, 0.29) is 4.90 Å². The van der Waals surface area contributed by atoms with E-state index >= 15 is 0 Å². The van der Waals surface area contributed by atoms with Crippen LogP contribution >= 0.6 is 0 Å². The third-order valence-corrected chi connectivity index (χ3v) is 4.68. The molecular formula is C13H17N5O2S. The Balaban J connectivity index is 1.72. The molecule has 0 unspecified atom stereocenters. The summed E-state index contributed by atoms with van der Waals surface area (Å²) in [6.07, 6.45) is 6.98. The third kappa shape index (κ3) is 3.06. The predicted molar refractivity (Wildman–Crippen MR) is 78.4 cm³/mol. The summed E-state index contributed by atoms with van der Waals surface area (Å²) in [5, 5.41) is 5.15. The number of piperidine rings is 1. The lowest BCUT2D eigenvalue weighted by molar-refractivity contribution is 0.486. The molecule has 1 aliphatic rings. The second kappa shape index (κ2) is 5.45. The molecule has 112 valence electrons. The molecule has 21 heavy (non-hydrogen) atoms. The average molecular weight is 307 g/mol. The number of nitrogens with two attached hydrogens (primary N) is 1. The molecule has 3 N–H and O–H groups in total. The molecule has 0 saturated carbocycles. The van der Waals surface area contributed by atoms with Crippen molar-refractivity contribution in [2.45, 2.75) is 23.7 Å². The van der Waals surface area contributed by atoms with E-state index in [4.69, 9.17) is 5.14 Å². The minimum atomic E-state index is -3.69. The Morgan fingerprint density at radius 3 is 2.62 bits per heavy atom. The van der Waals surface area contributed by atoms with Crippen molar-refractivity contribution in [3.05, 3.63) is 36.5 Å². The molecule has 0 aromatic carbocycles. The summed E-state index contributed by atoms with van der Waals surface area (Å²) in [6.45, 7) is 1.62. The van der Waals surface area contributed by atoms with E-state index in [1.54, 1.807) is 6.20 Å². The van der Waals surface area contributed by atoms with Gasteiger partial charge in [-0.3, -0.25) is 0 Å². The van der Waals surface area contributed by atoms with Gasteiger partial charge in [0.25, 0.3) is 0 Å². The molecule has 0 amide bonds. The highest BCUT2D eigenvalue weighted by molar-refractivity contribution is 7.89. The Hall–Kier alpha value is -1.93. The van der Waals surface area contributed by atoms with Crippen LogP contribution in [-0.4, -0.2) is 36.5 Å². The standard InChI is InChI=1S/C13H17N5O2S/c14-21(19,20)11-1-4-15-12(9-11)18-7-2-10(3-8-18)13-16-5-6-17-13/h1,4-6,9-10H,2-3,7-8H2,(H,16,17)(H2,14,19,20). The van der Waals surface area contributed by atoms with Crippen LogP contribution in [0.4, 0.5) is 5.82 Å². The van der Waals surface area contributed by atoms with Gasteiger partial charge in [-0.1, -0.05) is 0 Å². The largest absolute Gasteiger partial charge is 0.357 e. The second-order valence-electron chi connectivity index (χ2n) is 5.13. The van der Waals surface area contributed by atoms with Gasteiger partial charge in [-0.2, -0.15) is 0 Å². The Morgan fingerprint density at radius 2 is 2.00 bits per heavy atom. The van der Waals surface area contributed by atoms with Gasteiger partial charge in [0.2, 0.25) is 10.0 Å².